The van der Waals surface area contributed by atoms with Crippen LogP contribution in [0.2, 0.25) is 0 Å². The van der Waals surface area contributed by atoms with E-state index in [1.807, 2.05) is 24.6 Å². The maximum absolute atomic E-state index is 4.38. The van der Waals surface area contributed by atoms with Gasteiger partial charge in [0.15, 0.2) is 5.82 Å². The zero-order valence-electron chi connectivity index (χ0n) is 8.81. The number of imidazole rings is 1. The van der Waals surface area contributed by atoms with Crippen molar-refractivity contribution in [3.05, 3.63) is 24.8 Å². The Morgan fingerprint density at radius 1 is 1.47 bits per heavy atom. The minimum atomic E-state index is 0.688. The quantitative estimate of drug-likeness (QED) is 0.817. The second-order valence-electron chi connectivity index (χ2n) is 3.19. The largest absolute Gasteiger partial charge is 0.370 e. The average molecular weight is 203 g/mol. The minimum Gasteiger partial charge on any atom is -0.370 e. The van der Waals surface area contributed by atoms with E-state index in [0.717, 1.165) is 18.1 Å². The smallest absolute Gasteiger partial charge is 0.179 e. The lowest BCUT2D eigenvalue weighted by Crippen LogP contribution is -2.02. The zero-order valence-corrected chi connectivity index (χ0v) is 8.81. The van der Waals surface area contributed by atoms with Gasteiger partial charge in [-0.2, -0.15) is 0 Å². The highest BCUT2D eigenvalue weighted by Gasteiger charge is 2.05. The van der Waals surface area contributed by atoms with Crippen LogP contribution >= 0.6 is 0 Å². The topological polar surface area (TPSA) is 55.6 Å². The van der Waals surface area contributed by atoms with E-state index in [2.05, 4.69) is 20.3 Å². The van der Waals surface area contributed by atoms with Gasteiger partial charge in [-0.25, -0.2) is 15.0 Å². The summed E-state index contributed by atoms with van der Waals surface area (Å²) >= 11 is 0. The van der Waals surface area contributed by atoms with Crippen LogP contribution in [0.5, 0.6) is 0 Å². The van der Waals surface area contributed by atoms with Crippen LogP contribution in [-0.2, 0) is 7.05 Å². The van der Waals surface area contributed by atoms with E-state index < -0.39 is 0 Å². The lowest BCUT2D eigenvalue weighted by Gasteiger charge is -2.04. The molecule has 0 atom stereocenters. The standard InChI is InChI=1S/C10H13N5/c1-3-12-9-4-5-13-10(14-9)8-6-11-7-15(8)2/h4-7H,3H2,1-2H3,(H,12,13,14). The van der Waals surface area contributed by atoms with E-state index in [-0.39, 0.29) is 0 Å². The molecule has 0 radical (unpaired) electrons. The highest BCUT2D eigenvalue weighted by Crippen LogP contribution is 2.14. The molecule has 5 nitrogen and oxygen atoms in total. The maximum atomic E-state index is 4.38. The number of hydrogen-bond donors (Lipinski definition) is 1. The zero-order chi connectivity index (χ0) is 10.7. The lowest BCUT2D eigenvalue weighted by molar-refractivity contribution is 0.908. The summed E-state index contributed by atoms with van der Waals surface area (Å²) in [5.74, 6) is 1.53. The molecule has 2 aromatic heterocycles. The fourth-order valence-corrected chi connectivity index (χ4v) is 1.33. The Hall–Kier alpha value is -1.91. The molecular formula is C10H13N5. The van der Waals surface area contributed by atoms with Crippen molar-refractivity contribution in [2.24, 2.45) is 7.05 Å². The first-order valence-electron chi connectivity index (χ1n) is 4.85. The average Bonchev–Trinajstić information content (AvgIpc) is 2.65. The molecule has 0 bridgehead atoms. The van der Waals surface area contributed by atoms with Gasteiger partial charge < -0.3 is 9.88 Å². The summed E-state index contributed by atoms with van der Waals surface area (Å²) in [4.78, 5) is 12.6. The molecule has 2 aromatic rings. The van der Waals surface area contributed by atoms with Crippen LogP contribution in [0.3, 0.4) is 0 Å². The number of rotatable bonds is 3. The van der Waals surface area contributed by atoms with Crippen LogP contribution in [0.1, 0.15) is 6.92 Å². The SMILES string of the molecule is CCNc1ccnc(-c2cncn2C)n1. The van der Waals surface area contributed by atoms with E-state index >= 15 is 0 Å². The van der Waals surface area contributed by atoms with E-state index in [1.165, 1.54) is 0 Å². The summed E-state index contributed by atoms with van der Waals surface area (Å²) in [6, 6.07) is 1.85. The second kappa shape index (κ2) is 4.08. The van der Waals surface area contributed by atoms with Gasteiger partial charge in [-0.3, -0.25) is 0 Å². The fourth-order valence-electron chi connectivity index (χ4n) is 1.33. The summed E-state index contributed by atoms with van der Waals surface area (Å²) in [5.41, 5.74) is 0.912. The minimum absolute atomic E-state index is 0.688. The Kier molecular flexibility index (Phi) is 2.62. The van der Waals surface area contributed by atoms with Crippen LogP contribution < -0.4 is 5.32 Å². The fraction of sp³-hybridized carbons (Fsp3) is 0.300. The van der Waals surface area contributed by atoms with Crippen molar-refractivity contribution in [2.45, 2.75) is 6.92 Å². The molecule has 0 fully saturated rings. The van der Waals surface area contributed by atoms with Gasteiger partial charge in [0, 0.05) is 19.8 Å². The number of nitrogens with zero attached hydrogens (tertiary/aromatic N) is 4. The van der Waals surface area contributed by atoms with Crippen LogP contribution in [-0.4, -0.2) is 26.1 Å². The highest BCUT2D eigenvalue weighted by atomic mass is 15.1. The first kappa shape index (κ1) is 9.64. The van der Waals surface area contributed by atoms with Crippen molar-refractivity contribution < 1.29 is 0 Å². The molecule has 15 heavy (non-hydrogen) atoms. The molecule has 0 unspecified atom stereocenters. The molecule has 1 N–H and O–H groups in total. The molecule has 0 aliphatic carbocycles. The Labute approximate surface area is 88.2 Å². The van der Waals surface area contributed by atoms with Crippen LogP contribution in [0, 0.1) is 0 Å². The number of aromatic nitrogens is 4. The van der Waals surface area contributed by atoms with Crippen LogP contribution in [0.25, 0.3) is 11.5 Å². The number of nitrogens with one attached hydrogen (secondary N) is 1. The molecule has 0 amide bonds. The monoisotopic (exact) mass is 203 g/mol. The predicted molar refractivity (Wildman–Crippen MR) is 58.4 cm³/mol. The molecule has 2 heterocycles. The molecule has 0 aliphatic rings. The van der Waals surface area contributed by atoms with Gasteiger partial charge in [0.1, 0.15) is 11.5 Å². The van der Waals surface area contributed by atoms with Gasteiger partial charge in [-0.1, -0.05) is 0 Å². The molecule has 0 aliphatic heterocycles. The molecule has 0 saturated heterocycles. The van der Waals surface area contributed by atoms with Gasteiger partial charge in [0.2, 0.25) is 0 Å². The van der Waals surface area contributed by atoms with Gasteiger partial charge in [0.25, 0.3) is 0 Å². The van der Waals surface area contributed by atoms with Crippen LogP contribution in [0.15, 0.2) is 24.8 Å². The Bertz CT molecular complexity index is 449. The summed E-state index contributed by atoms with van der Waals surface area (Å²) in [6.07, 6.45) is 5.23. The van der Waals surface area contributed by atoms with Crippen molar-refractivity contribution in [3.8, 4) is 11.5 Å². The normalized spacial score (nSPS) is 10.3. The van der Waals surface area contributed by atoms with E-state index in [1.54, 1.807) is 18.7 Å². The Morgan fingerprint density at radius 3 is 3.00 bits per heavy atom. The highest BCUT2D eigenvalue weighted by molar-refractivity contribution is 5.51. The summed E-state index contributed by atoms with van der Waals surface area (Å²) < 4.78 is 1.89. The van der Waals surface area contributed by atoms with Gasteiger partial charge in [-0.15, -0.1) is 0 Å². The third-order valence-corrected chi connectivity index (χ3v) is 2.06. The number of hydrogen-bond acceptors (Lipinski definition) is 4. The summed E-state index contributed by atoms with van der Waals surface area (Å²) in [7, 11) is 1.92. The van der Waals surface area contributed by atoms with E-state index in [4.69, 9.17) is 0 Å². The van der Waals surface area contributed by atoms with Crippen LogP contribution in [0.4, 0.5) is 5.82 Å². The lowest BCUT2D eigenvalue weighted by atomic mass is 10.4. The number of aryl methyl sites for hydroxylation is 1. The first-order chi connectivity index (χ1) is 7.31. The summed E-state index contributed by atoms with van der Waals surface area (Å²) in [6.45, 7) is 2.88. The summed E-state index contributed by atoms with van der Waals surface area (Å²) in [5, 5.41) is 3.15. The van der Waals surface area contributed by atoms with Crippen molar-refractivity contribution >= 4 is 5.82 Å². The maximum Gasteiger partial charge on any atom is 0.179 e. The molecule has 0 saturated carbocycles. The van der Waals surface area contributed by atoms with Crippen molar-refractivity contribution in [1.82, 2.24) is 19.5 Å². The van der Waals surface area contributed by atoms with Gasteiger partial charge in [0.05, 0.1) is 12.5 Å². The van der Waals surface area contributed by atoms with Gasteiger partial charge >= 0.3 is 0 Å². The van der Waals surface area contributed by atoms with E-state index in [0.29, 0.717) is 5.82 Å². The molecule has 2 rings (SSSR count). The van der Waals surface area contributed by atoms with Gasteiger partial charge in [-0.05, 0) is 13.0 Å². The van der Waals surface area contributed by atoms with Crippen molar-refractivity contribution in [3.63, 3.8) is 0 Å². The molecule has 0 spiro atoms. The Morgan fingerprint density at radius 2 is 2.33 bits per heavy atom. The van der Waals surface area contributed by atoms with E-state index in [9.17, 15) is 0 Å². The molecule has 5 heteroatoms. The molecule has 0 aromatic carbocycles. The number of anilines is 1. The third-order valence-electron chi connectivity index (χ3n) is 2.06. The Balaban J connectivity index is 2.37. The predicted octanol–water partition coefficient (Wildman–Crippen LogP) is 1.31. The molecular weight excluding hydrogens is 190 g/mol. The first-order valence-corrected chi connectivity index (χ1v) is 4.85. The molecule has 78 valence electrons. The second-order valence-corrected chi connectivity index (χ2v) is 3.19. The third kappa shape index (κ3) is 1.96. The van der Waals surface area contributed by atoms with Crippen molar-refractivity contribution in [1.29, 1.82) is 0 Å². The van der Waals surface area contributed by atoms with Crippen molar-refractivity contribution in [2.75, 3.05) is 11.9 Å².